The number of pyridine rings is 1. The molecule has 0 radical (unpaired) electrons. The van der Waals surface area contributed by atoms with Crippen molar-refractivity contribution in [1.82, 2.24) is 18.7 Å². The smallest absolute Gasteiger partial charge is 0.0579 e. The topological polar surface area (TPSA) is 36.9 Å². The first-order chi connectivity index (χ1) is 33.2. The van der Waals surface area contributed by atoms with Gasteiger partial charge in [-0.05, 0) is 29.0 Å². The summed E-state index contributed by atoms with van der Waals surface area (Å²) >= 11 is 2.55. The average molecular weight is 1060 g/mol. The molecule has 68 heavy (non-hydrogen) atoms. The first-order valence-corrected chi connectivity index (χ1v) is 24.7. The fourth-order valence-electron chi connectivity index (χ4n) is 10.5. The molecular formula is C62H50N4OPt. The molecule has 334 valence electrons. The van der Waals surface area contributed by atoms with E-state index < -0.39 is 0 Å². The molecule has 12 rings (SSSR count). The molecule has 0 saturated heterocycles. The average Bonchev–Trinajstić information content (AvgIpc) is 4.05. The van der Waals surface area contributed by atoms with Crippen LogP contribution in [0.5, 0.6) is 11.5 Å². The monoisotopic (exact) mass is 1060 g/mol. The van der Waals surface area contributed by atoms with Crippen LogP contribution < -0.4 is 4.74 Å². The van der Waals surface area contributed by atoms with E-state index in [9.17, 15) is 0 Å². The fourth-order valence-corrected chi connectivity index (χ4v) is 11.6. The van der Waals surface area contributed by atoms with E-state index in [1.54, 1.807) is 0 Å². The van der Waals surface area contributed by atoms with Gasteiger partial charge in [-0.25, -0.2) is 0 Å². The third kappa shape index (κ3) is 7.20. The summed E-state index contributed by atoms with van der Waals surface area (Å²) in [6.07, 6.45) is 5.35. The Morgan fingerprint density at radius 1 is 0.529 bits per heavy atom. The standard InChI is InChI=1S/C62H50N4O.Pt/c1-41-35-59(63-39-54(41)43-29-31-46(32-30-43)62(2,3)4)66-55-26-12-11-24-51(55)52-34-33-49(38-58(52)66)67-48-23-16-22-47(37-48)64-40-65(57-28-14-13-27-56(57)64)61-53(42-17-7-5-8-18-42)36-45-21-15-25-50(45)60(61)44-19-9-6-10-20-44;/h5-14,16-20,22-24,26-39H,15,21,25H2,1-4H3;. The molecule has 0 unspecified atom stereocenters. The SMILES string of the molecule is Cc1cc(-n2c3ccccc3c3ccc(Oc4cccc(-n5[c](=[Pt])n(-c6c(-c7ccccc7)cc7c(c6-c6ccccc6)CCC7)c6ccccc65)c4)cc32)ncc1-c1ccc(C(C)(C)C)cc1. The Morgan fingerprint density at radius 3 is 1.91 bits per heavy atom. The first kappa shape index (κ1) is 42.1. The van der Waals surface area contributed by atoms with Crippen LogP contribution in [0.2, 0.25) is 0 Å². The number of fused-ring (bicyclic) bond motifs is 5. The number of aromatic nitrogens is 4. The number of rotatable bonds is 8. The molecule has 0 fully saturated rings. The van der Waals surface area contributed by atoms with Crippen LogP contribution in [0.25, 0.3) is 83.4 Å². The third-order valence-electron chi connectivity index (χ3n) is 13.8. The van der Waals surface area contributed by atoms with Crippen molar-refractivity contribution in [3.05, 3.63) is 220 Å². The fraction of sp³-hybridized carbons (Fsp3) is 0.129. The van der Waals surface area contributed by atoms with Gasteiger partial charge in [-0.1, -0.05) is 57.2 Å². The number of hydrogen-bond acceptors (Lipinski definition) is 2. The number of para-hydroxylation sites is 3. The Bertz CT molecular complexity index is 3800. The zero-order chi connectivity index (χ0) is 46.1. The van der Waals surface area contributed by atoms with Crippen LogP contribution in [0.4, 0.5) is 0 Å². The second-order valence-corrected chi connectivity index (χ2v) is 20.1. The van der Waals surface area contributed by atoms with E-state index in [0.29, 0.717) is 0 Å². The Kier molecular flexibility index (Phi) is 10.4. The molecule has 11 aromatic rings. The second kappa shape index (κ2) is 16.8. The van der Waals surface area contributed by atoms with E-state index in [-0.39, 0.29) is 5.41 Å². The van der Waals surface area contributed by atoms with Gasteiger partial charge in [0.1, 0.15) is 0 Å². The Labute approximate surface area is 408 Å². The second-order valence-electron chi connectivity index (χ2n) is 19.1. The van der Waals surface area contributed by atoms with Crippen LogP contribution in [0.15, 0.2) is 194 Å². The number of imidazole rings is 1. The van der Waals surface area contributed by atoms with E-state index in [1.165, 1.54) is 61.1 Å². The Balaban J connectivity index is 0.961. The van der Waals surface area contributed by atoms with Crippen LogP contribution in [0.3, 0.4) is 0 Å². The number of benzene rings is 8. The molecule has 0 aliphatic heterocycles. The van der Waals surface area contributed by atoms with Gasteiger partial charge in [-0.2, -0.15) is 0 Å². The maximum absolute atomic E-state index is 6.86. The van der Waals surface area contributed by atoms with E-state index >= 15 is 0 Å². The normalized spacial score (nSPS) is 12.6. The van der Waals surface area contributed by atoms with Gasteiger partial charge in [-0.15, -0.1) is 0 Å². The zero-order valence-electron chi connectivity index (χ0n) is 38.6. The van der Waals surface area contributed by atoms with Gasteiger partial charge in [-0.3, -0.25) is 0 Å². The summed E-state index contributed by atoms with van der Waals surface area (Å²) in [7, 11) is 0. The van der Waals surface area contributed by atoms with Gasteiger partial charge in [0.15, 0.2) is 0 Å². The van der Waals surface area contributed by atoms with Crippen molar-refractivity contribution in [3.63, 3.8) is 0 Å². The molecular weight excluding hydrogens is 1010 g/mol. The summed E-state index contributed by atoms with van der Waals surface area (Å²) in [5.41, 5.74) is 19.5. The quantitative estimate of drug-likeness (QED) is 0.152. The molecule has 1 aliphatic rings. The van der Waals surface area contributed by atoms with Gasteiger partial charge in [0.05, 0.1) is 0 Å². The van der Waals surface area contributed by atoms with Crippen molar-refractivity contribution >= 4 is 32.8 Å². The van der Waals surface area contributed by atoms with Gasteiger partial charge in [0.2, 0.25) is 0 Å². The van der Waals surface area contributed by atoms with E-state index in [4.69, 9.17) is 9.72 Å². The predicted octanol–water partition coefficient (Wildman–Crippen LogP) is 15.9. The van der Waals surface area contributed by atoms with Crippen molar-refractivity contribution in [3.8, 4) is 62.1 Å². The Hall–Kier alpha value is -7.33. The number of hydrogen-bond donors (Lipinski definition) is 0. The molecule has 0 atom stereocenters. The molecule has 1 aliphatic carbocycles. The molecule has 0 N–H and O–H groups in total. The minimum Gasteiger partial charge on any atom is -0.0579 e. The molecule has 0 saturated carbocycles. The molecule has 0 bridgehead atoms. The van der Waals surface area contributed by atoms with Gasteiger partial charge in [0.25, 0.3) is 0 Å². The number of nitrogens with zero attached hydrogens (tertiary/aromatic N) is 4. The molecule has 5 nitrogen and oxygen atoms in total. The summed E-state index contributed by atoms with van der Waals surface area (Å²) < 4.78 is 15.1. The summed E-state index contributed by atoms with van der Waals surface area (Å²) in [5, 5.41) is 2.33. The van der Waals surface area contributed by atoms with E-state index in [2.05, 4.69) is 249 Å². The molecule has 6 heteroatoms. The maximum atomic E-state index is 6.86. The van der Waals surface area contributed by atoms with Crippen molar-refractivity contribution in [2.24, 2.45) is 0 Å². The number of ether oxygens (including phenoxy) is 1. The minimum absolute atomic E-state index is 0.0982. The van der Waals surface area contributed by atoms with E-state index in [1.807, 2.05) is 6.20 Å². The zero-order valence-corrected chi connectivity index (χ0v) is 40.9. The first-order valence-electron chi connectivity index (χ1n) is 23.6. The predicted molar refractivity (Wildman–Crippen MR) is 276 cm³/mol. The minimum atomic E-state index is 0.0982. The molecule has 0 spiro atoms. The molecule has 0 amide bonds. The van der Waals surface area contributed by atoms with Gasteiger partial charge in [0, 0.05) is 11.8 Å². The summed E-state index contributed by atoms with van der Waals surface area (Å²) in [6.45, 7) is 8.94. The third-order valence-corrected chi connectivity index (χ3v) is 14.8. The van der Waals surface area contributed by atoms with Crippen LogP contribution in [-0.4, -0.2) is 18.7 Å². The summed E-state index contributed by atoms with van der Waals surface area (Å²) in [6, 6.07) is 67.8. The molecule has 8 aromatic carbocycles. The van der Waals surface area contributed by atoms with Gasteiger partial charge < -0.3 is 0 Å². The summed E-state index contributed by atoms with van der Waals surface area (Å²) in [5.74, 6) is 2.39. The van der Waals surface area contributed by atoms with Crippen molar-refractivity contribution in [2.75, 3.05) is 0 Å². The van der Waals surface area contributed by atoms with Crippen molar-refractivity contribution in [1.29, 1.82) is 0 Å². The molecule has 3 heterocycles. The van der Waals surface area contributed by atoms with Crippen LogP contribution in [-0.2, 0) is 37.6 Å². The number of aryl methyl sites for hydroxylation is 2. The van der Waals surface area contributed by atoms with Crippen molar-refractivity contribution in [2.45, 2.75) is 52.4 Å². The van der Waals surface area contributed by atoms with Crippen molar-refractivity contribution < 1.29 is 24.1 Å². The van der Waals surface area contributed by atoms with Gasteiger partial charge >= 0.3 is 312 Å². The van der Waals surface area contributed by atoms with Crippen LogP contribution >= 0.6 is 0 Å². The molecule has 3 aromatic heterocycles. The Morgan fingerprint density at radius 2 is 1.18 bits per heavy atom. The van der Waals surface area contributed by atoms with Crippen LogP contribution in [0.1, 0.15) is 49.4 Å². The summed E-state index contributed by atoms with van der Waals surface area (Å²) in [4.78, 5) is 5.12. The van der Waals surface area contributed by atoms with E-state index in [0.717, 1.165) is 79.1 Å². The van der Waals surface area contributed by atoms with Crippen LogP contribution in [0, 0.1) is 10.7 Å².